The van der Waals surface area contributed by atoms with Crippen molar-refractivity contribution in [3.63, 3.8) is 0 Å². The first kappa shape index (κ1) is 12.9. The molecule has 98 valence electrons. The molecule has 1 unspecified atom stereocenters. The van der Waals surface area contributed by atoms with E-state index in [1.807, 2.05) is 0 Å². The van der Waals surface area contributed by atoms with Crippen molar-refractivity contribution in [2.75, 3.05) is 25.2 Å². The highest BCUT2D eigenvalue weighted by atomic mass is 16.6. The van der Waals surface area contributed by atoms with Gasteiger partial charge in [-0.25, -0.2) is 9.59 Å². The SMILES string of the molecule is COC(=O)c1ccccc1N1CC(C#N)COC1=O. The van der Waals surface area contributed by atoms with Gasteiger partial charge in [-0.05, 0) is 12.1 Å². The molecule has 0 radical (unpaired) electrons. The van der Waals surface area contributed by atoms with Gasteiger partial charge in [-0.1, -0.05) is 12.1 Å². The second kappa shape index (κ2) is 5.40. The number of para-hydroxylation sites is 1. The van der Waals surface area contributed by atoms with Crippen LogP contribution in [0, 0.1) is 17.2 Å². The molecule has 19 heavy (non-hydrogen) atoms. The van der Waals surface area contributed by atoms with E-state index in [0.717, 1.165) is 0 Å². The van der Waals surface area contributed by atoms with Gasteiger partial charge in [-0.3, -0.25) is 4.90 Å². The van der Waals surface area contributed by atoms with Gasteiger partial charge in [0, 0.05) is 6.54 Å². The van der Waals surface area contributed by atoms with Crippen molar-refractivity contribution in [2.24, 2.45) is 5.92 Å². The van der Waals surface area contributed by atoms with E-state index in [1.165, 1.54) is 12.0 Å². The van der Waals surface area contributed by atoms with Crippen molar-refractivity contribution >= 4 is 17.7 Å². The van der Waals surface area contributed by atoms with Crippen molar-refractivity contribution in [3.05, 3.63) is 29.8 Å². The maximum Gasteiger partial charge on any atom is 0.414 e. The van der Waals surface area contributed by atoms with Crippen LogP contribution in [-0.4, -0.2) is 32.3 Å². The molecule has 0 aliphatic carbocycles. The highest BCUT2D eigenvalue weighted by Crippen LogP contribution is 2.25. The summed E-state index contributed by atoms with van der Waals surface area (Å²) in [4.78, 5) is 24.7. The van der Waals surface area contributed by atoms with Crippen molar-refractivity contribution < 1.29 is 19.1 Å². The lowest BCUT2D eigenvalue weighted by Gasteiger charge is -2.30. The van der Waals surface area contributed by atoms with Gasteiger partial charge >= 0.3 is 12.1 Å². The maximum atomic E-state index is 11.8. The number of rotatable bonds is 2. The standard InChI is InChI=1S/C13H12N2O4/c1-18-12(16)10-4-2-3-5-11(10)15-7-9(6-14)8-19-13(15)17/h2-5,9H,7-8H2,1H3. The fourth-order valence-electron chi connectivity index (χ4n) is 1.86. The summed E-state index contributed by atoms with van der Waals surface area (Å²) < 4.78 is 9.60. The number of hydrogen-bond donors (Lipinski definition) is 0. The van der Waals surface area contributed by atoms with Crippen LogP contribution in [0.25, 0.3) is 0 Å². The number of ether oxygens (including phenoxy) is 2. The number of benzene rings is 1. The first-order chi connectivity index (χ1) is 9.17. The van der Waals surface area contributed by atoms with Gasteiger partial charge < -0.3 is 9.47 Å². The van der Waals surface area contributed by atoms with Gasteiger partial charge in [0.25, 0.3) is 0 Å². The predicted octanol–water partition coefficient (Wildman–Crippen LogP) is 1.57. The summed E-state index contributed by atoms with van der Waals surface area (Å²) in [5.41, 5.74) is 0.653. The molecule has 6 nitrogen and oxygen atoms in total. The quantitative estimate of drug-likeness (QED) is 0.754. The zero-order valence-corrected chi connectivity index (χ0v) is 10.3. The minimum atomic E-state index is -0.567. The number of esters is 1. The van der Waals surface area contributed by atoms with Gasteiger partial charge in [0.05, 0.1) is 30.3 Å². The molecule has 1 aliphatic rings. The molecule has 0 saturated carbocycles. The molecule has 1 amide bonds. The third kappa shape index (κ3) is 2.50. The third-order valence-electron chi connectivity index (χ3n) is 2.81. The molecular weight excluding hydrogens is 248 g/mol. The Morgan fingerprint density at radius 3 is 2.95 bits per heavy atom. The predicted molar refractivity (Wildman–Crippen MR) is 65.6 cm³/mol. The number of cyclic esters (lactones) is 1. The van der Waals surface area contributed by atoms with Crippen LogP contribution in [-0.2, 0) is 9.47 Å². The number of methoxy groups -OCH3 is 1. The topological polar surface area (TPSA) is 79.6 Å². The number of nitrogens with zero attached hydrogens (tertiary/aromatic N) is 2. The van der Waals surface area contributed by atoms with E-state index < -0.39 is 18.0 Å². The van der Waals surface area contributed by atoms with E-state index in [0.29, 0.717) is 5.69 Å². The summed E-state index contributed by atoms with van der Waals surface area (Å²) in [5, 5.41) is 8.91. The summed E-state index contributed by atoms with van der Waals surface area (Å²) in [6.45, 7) is 0.273. The molecular formula is C13H12N2O4. The van der Waals surface area contributed by atoms with Gasteiger partial charge in [-0.15, -0.1) is 0 Å². The van der Waals surface area contributed by atoms with E-state index in [9.17, 15) is 9.59 Å². The molecule has 0 spiro atoms. The minimum absolute atomic E-state index is 0.0756. The second-order valence-corrected chi connectivity index (χ2v) is 4.02. The first-order valence-corrected chi connectivity index (χ1v) is 5.68. The molecule has 1 aromatic carbocycles. The van der Waals surface area contributed by atoms with Crippen molar-refractivity contribution in [2.45, 2.75) is 0 Å². The highest BCUT2D eigenvalue weighted by molar-refractivity contribution is 6.01. The molecule has 1 aliphatic heterocycles. The Morgan fingerprint density at radius 1 is 1.53 bits per heavy atom. The fraction of sp³-hybridized carbons (Fsp3) is 0.308. The smallest absolute Gasteiger partial charge is 0.414 e. The largest absolute Gasteiger partial charge is 0.465 e. The first-order valence-electron chi connectivity index (χ1n) is 5.68. The lowest BCUT2D eigenvalue weighted by Crippen LogP contribution is -2.43. The Hall–Kier alpha value is -2.55. The monoisotopic (exact) mass is 260 g/mol. The van der Waals surface area contributed by atoms with Crippen molar-refractivity contribution in [3.8, 4) is 6.07 Å². The maximum absolute atomic E-state index is 11.8. The van der Waals surface area contributed by atoms with Gasteiger partial charge in [0.2, 0.25) is 0 Å². The van der Waals surface area contributed by atoms with Crippen LogP contribution in [0.1, 0.15) is 10.4 Å². The number of anilines is 1. The molecule has 1 saturated heterocycles. The van der Waals surface area contributed by atoms with E-state index in [-0.39, 0.29) is 18.7 Å². The molecule has 1 aromatic rings. The Bertz CT molecular complexity index is 550. The average molecular weight is 260 g/mol. The summed E-state index contributed by atoms with van der Waals surface area (Å²) in [5.74, 6) is -0.953. The minimum Gasteiger partial charge on any atom is -0.465 e. The molecule has 1 fully saturated rings. The Balaban J connectivity index is 2.37. The van der Waals surface area contributed by atoms with Crippen LogP contribution in [0.3, 0.4) is 0 Å². The zero-order valence-electron chi connectivity index (χ0n) is 10.3. The Kier molecular flexibility index (Phi) is 3.66. The lowest BCUT2D eigenvalue weighted by molar-refractivity contribution is 0.0601. The number of amides is 1. The average Bonchev–Trinajstić information content (AvgIpc) is 2.47. The summed E-state index contributed by atoms with van der Waals surface area (Å²) >= 11 is 0. The normalized spacial score (nSPS) is 18.4. The summed E-state index contributed by atoms with van der Waals surface area (Å²) in [7, 11) is 1.27. The molecule has 0 N–H and O–H groups in total. The Morgan fingerprint density at radius 2 is 2.26 bits per heavy atom. The summed E-state index contributed by atoms with van der Waals surface area (Å²) in [6, 6.07) is 8.60. The van der Waals surface area contributed by atoms with E-state index in [1.54, 1.807) is 24.3 Å². The van der Waals surface area contributed by atoms with Crippen LogP contribution < -0.4 is 4.90 Å². The number of carbonyl (C=O) groups excluding carboxylic acids is 2. The van der Waals surface area contributed by atoms with E-state index in [4.69, 9.17) is 10.00 Å². The lowest BCUT2D eigenvalue weighted by atomic mass is 10.1. The van der Waals surface area contributed by atoms with Crippen molar-refractivity contribution in [1.82, 2.24) is 0 Å². The number of nitriles is 1. The molecule has 1 atom stereocenters. The van der Waals surface area contributed by atoms with Crippen LogP contribution in [0.4, 0.5) is 10.5 Å². The second-order valence-electron chi connectivity index (χ2n) is 4.02. The molecule has 1 heterocycles. The molecule has 2 rings (SSSR count). The molecule has 0 aromatic heterocycles. The Labute approximate surface area is 110 Å². The van der Waals surface area contributed by atoms with Crippen molar-refractivity contribution in [1.29, 1.82) is 5.26 Å². The van der Waals surface area contributed by atoms with Gasteiger partial charge in [0.1, 0.15) is 6.61 Å². The number of carbonyl (C=O) groups is 2. The fourth-order valence-corrected chi connectivity index (χ4v) is 1.86. The third-order valence-corrected chi connectivity index (χ3v) is 2.81. The summed E-state index contributed by atoms with van der Waals surface area (Å²) in [6.07, 6.45) is -0.567. The molecule has 6 heteroatoms. The molecule has 0 bridgehead atoms. The van der Waals surface area contributed by atoms with Crippen LogP contribution >= 0.6 is 0 Å². The van der Waals surface area contributed by atoms with Gasteiger partial charge in [0.15, 0.2) is 0 Å². The number of hydrogen-bond acceptors (Lipinski definition) is 5. The van der Waals surface area contributed by atoms with Crippen LogP contribution in [0.15, 0.2) is 24.3 Å². The van der Waals surface area contributed by atoms with Crippen LogP contribution in [0.2, 0.25) is 0 Å². The zero-order chi connectivity index (χ0) is 13.8. The van der Waals surface area contributed by atoms with E-state index >= 15 is 0 Å². The van der Waals surface area contributed by atoms with Crippen LogP contribution in [0.5, 0.6) is 0 Å². The van der Waals surface area contributed by atoms with Gasteiger partial charge in [-0.2, -0.15) is 5.26 Å². The van der Waals surface area contributed by atoms with E-state index in [2.05, 4.69) is 10.8 Å². The highest BCUT2D eigenvalue weighted by Gasteiger charge is 2.30.